The van der Waals surface area contributed by atoms with Crippen LogP contribution in [0.1, 0.15) is 11.1 Å². The summed E-state index contributed by atoms with van der Waals surface area (Å²) in [4.78, 5) is 0. The first kappa shape index (κ1) is 8.17. The highest BCUT2D eigenvalue weighted by molar-refractivity contribution is 7.79. The molecule has 0 aliphatic carbocycles. The Morgan fingerprint density at radius 2 is 2.18 bits per heavy atom. The van der Waals surface area contributed by atoms with Crippen molar-refractivity contribution < 1.29 is 10.2 Å². The molecule has 0 radical (unpaired) electrons. The topological polar surface area (TPSA) is 40.5 Å². The molecular formula is C8H8O2S. The van der Waals surface area contributed by atoms with Crippen molar-refractivity contribution in [1.82, 2.24) is 0 Å². The third-order valence-electron chi connectivity index (χ3n) is 1.45. The first-order chi connectivity index (χ1) is 5.29. The van der Waals surface area contributed by atoms with Crippen molar-refractivity contribution >= 4 is 17.6 Å². The molecule has 0 aliphatic heterocycles. The number of aliphatic hydroxyl groups excluding tert-OH is 1. The highest BCUT2D eigenvalue weighted by Crippen LogP contribution is 2.20. The molecule has 0 aliphatic rings. The van der Waals surface area contributed by atoms with E-state index in [1.807, 2.05) is 0 Å². The number of aliphatic hydroxyl groups is 1. The van der Waals surface area contributed by atoms with Crippen molar-refractivity contribution in [2.24, 2.45) is 0 Å². The molecule has 0 bridgehead atoms. The van der Waals surface area contributed by atoms with Gasteiger partial charge in [0, 0.05) is 16.5 Å². The van der Waals surface area contributed by atoms with Gasteiger partial charge in [0.2, 0.25) is 0 Å². The molecule has 58 valence electrons. The number of rotatable bonds is 2. The number of hydrogen-bond acceptors (Lipinski definition) is 3. The number of para-hydroxylation sites is 1. The summed E-state index contributed by atoms with van der Waals surface area (Å²) in [6.45, 7) is -0.164. The van der Waals surface area contributed by atoms with Crippen molar-refractivity contribution in [2.75, 3.05) is 0 Å². The predicted octanol–water partition coefficient (Wildman–Crippen LogP) is 1.23. The molecule has 3 heteroatoms. The van der Waals surface area contributed by atoms with E-state index in [1.54, 1.807) is 18.2 Å². The van der Waals surface area contributed by atoms with Crippen molar-refractivity contribution in [1.29, 1.82) is 0 Å². The highest BCUT2D eigenvalue weighted by atomic mass is 32.1. The molecule has 0 spiro atoms. The normalized spacial score (nSPS) is 9.55. The van der Waals surface area contributed by atoms with Crippen LogP contribution in [0.15, 0.2) is 18.2 Å². The number of aromatic hydroxyl groups is 1. The summed E-state index contributed by atoms with van der Waals surface area (Å²) < 4.78 is 0. The quantitative estimate of drug-likeness (QED) is 0.652. The number of thiocarbonyl (C=S) groups is 1. The van der Waals surface area contributed by atoms with Gasteiger partial charge in [-0.05, 0) is 0 Å². The summed E-state index contributed by atoms with van der Waals surface area (Å²) in [6, 6.07) is 5.09. The zero-order valence-corrected chi connectivity index (χ0v) is 6.64. The molecule has 0 atom stereocenters. The Morgan fingerprint density at radius 3 is 2.73 bits per heavy atom. The van der Waals surface area contributed by atoms with Gasteiger partial charge in [-0.25, -0.2) is 0 Å². The van der Waals surface area contributed by atoms with Crippen molar-refractivity contribution in [3.63, 3.8) is 0 Å². The van der Waals surface area contributed by atoms with E-state index in [1.165, 1.54) is 5.37 Å². The van der Waals surface area contributed by atoms with E-state index in [9.17, 15) is 5.11 Å². The lowest BCUT2D eigenvalue weighted by Crippen LogP contribution is -1.87. The molecule has 0 heterocycles. The Morgan fingerprint density at radius 1 is 1.45 bits per heavy atom. The molecule has 1 rings (SSSR count). The van der Waals surface area contributed by atoms with Crippen LogP contribution >= 0.6 is 12.2 Å². The van der Waals surface area contributed by atoms with Crippen LogP contribution < -0.4 is 0 Å². The standard InChI is InChI=1S/C8H8O2S/c9-4-6-2-1-3-7(5-11)8(6)10/h1-3,5,9-10H,4H2. The maximum atomic E-state index is 9.33. The minimum absolute atomic E-state index is 0.0741. The first-order valence-corrected chi connectivity index (χ1v) is 3.63. The second-order valence-electron chi connectivity index (χ2n) is 2.13. The summed E-state index contributed by atoms with van der Waals surface area (Å²) in [7, 11) is 0. The van der Waals surface area contributed by atoms with E-state index in [0.717, 1.165) is 0 Å². The molecule has 2 N–H and O–H groups in total. The van der Waals surface area contributed by atoms with E-state index >= 15 is 0 Å². The van der Waals surface area contributed by atoms with Crippen LogP contribution in [0, 0.1) is 0 Å². The molecule has 0 fully saturated rings. The van der Waals surface area contributed by atoms with E-state index in [2.05, 4.69) is 12.2 Å². The molecule has 2 nitrogen and oxygen atoms in total. The molecule has 0 saturated heterocycles. The Bertz CT molecular complexity index is 271. The lowest BCUT2D eigenvalue weighted by Gasteiger charge is -2.02. The average molecular weight is 168 g/mol. The summed E-state index contributed by atoms with van der Waals surface area (Å²) in [5.41, 5.74) is 1.08. The third-order valence-corrected chi connectivity index (χ3v) is 1.70. The lowest BCUT2D eigenvalue weighted by atomic mass is 10.1. The molecule has 0 amide bonds. The van der Waals surface area contributed by atoms with Gasteiger partial charge in [-0.15, -0.1) is 0 Å². The van der Waals surface area contributed by atoms with E-state index in [4.69, 9.17) is 5.11 Å². The van der Waals surface area contributed by atoms with Crippen molar-refractivity contribution in [3.8, 4) is 5.75 Å². The Balaban J connectivity index is 3.20. The average Bonchev–Trinajstić information content (AvgIpc) is 2.05. The summed E-state index contributed by atoms with van der Waals surface area (Å²) >= 11 is 4.65. The maximum Gasteiger partial charge on any atom is 0.129 e. The highest BCUT2D eigenvalue weighted by Gasteiger charge is 2.01. The van der Waals surface area contributed by atoms with Gasteiger partial charge in [0.25, 0.3) is 0 Å². The van der Waals surface area contributed by atoms with E-state index in [-0.39, 0.29) is 12.4 Å². The van der Waals surface area contributed by atoms with Crippen LogP contribution in [0.3, 0.4) is 0 Å². The van der Waals surface area contributed by atoms with Gasteiger partial charge in [-0.1, -0.05) is 30.4 Å². The fourth-order valence-corrected chi connectivity index (χ4v) is 1.02. The van der Waals surface area contributed by atoms with Crippen LogP contribution in [0.5, 0.6) is 5.75 Å². The number of phenols is 1. The van der Waals surface area contributed by atoms with Gasteiger partial charge in [-0.3, -0.25) is 0 Å². The smallest absolute Gasteiger partial charge is 0.129 e. The third kappa shape index (κ3) is 1.56. The Hall–Kier alpha value is -0.930. The number of hydrogen-bond donors (Lipinski definition) is 2. The zero-order valence-electron chi connectivity index (χ0n) is 5.82. The lowest BCUT2D eigenvalue weighted by molar-refractivity contribution is 0.275. The minimum atomic E-state index is -0.164. The van der Waals surface area contributed by atoms with Crippen molar-refractivity contribution in [3.05, 3.63) is 29.3 Å². The molecule has 1 aromatic carbocycles. The van der Waals surface area contributed by atoms with Crippen LogP contribution in [0.4, 0.5) is 0 Å². The minimum Gasteiger partial charge on any atom is -0.507 e. The van der Waals surface area contributed by atoms with Gasteiger partial charge < -0.3 is 10.2 Å². The second kappa shape index (κ2) is 3.46. The van der Waals surface area contributed by atoms with E-state index < -0.39 is 0 Å². The Labute approximate surface area is 70.1 Å². The van der Waals surface area contributed by atoms with Crippen LogP contribution in [-0.4, -0.2) is 15.6 Å². The van der Waals surface area contributed by atoms with Gasteiger partial charge in [0.15, 0.2) is 0 Å². The monoisotopic (exact) mass is 168 g/mol. The first-order valence-electron chi connectivity index (χ1n) is 3.16. The number of benzene rings is 1. The fourth-order valence-electron chi connectivity index (χ4n) is 0.834. The molecule has 1 aromatic rings. The van der Waals surface area contributed by atoms with Crippen LogP contribution in [0.2, 0.25) is 0 Å². The fraction of sp³-hybridized carbons (Fsp3) is 0.125. The van der Waals surface area contributed by atoms with Gasteiger partial charge in [0.1, 0.15) is 5.75 Å². The van der Waals surface area contributed by atoms with Gasteiger partial charge in [-0.2, -0.15) is 0 Å². The maximum absolute atomic E-state index is 9.33. The molecule has 11 heavy (non-hydrogen) atoms. The van der Waals surface area contributed by atoms with Crippen LogP contribution in [-0.2, 0) is 6.61 Å². The summed E-state index contributed by atoms with van der Waals surface area (Å²) in [5.74, 6) is 0.0741. The summed E-state index contributed by atoms with van der Waals surface area (Å²) in [5, 5.41) is 19.4. The van der Waals surface area contributed by atoms with Gasteiger partial charge in [0.05, 0.1) is 6.61 Å². The molecule has 0 unspecified atom stereocenters. The molecule has 0 aromatic heterocycles. The summed E-state index contributed by atoms with van der Waals surface area (Å²) in [6.07, 6.45) is 0. The van der Waals surface area contributed by atoms with E-state index in [0.29, 0.717) is 11.1 Å². The Kier molecular flexibility index (Phi) is 2.57. The second-order valence-corrected chi connectivity index (χ2v) is 2.37. The van der Waals surface area contributed by atoms with Crippen molar-refractivity contribution in [2.45, 2.75) is 6.61 Å². The SMILES string of the molecule is OCc1cccc(C=S)c1O. The van der Waals surface area contributed by atoms with Crippen LogP contribution in [0.25, 0.3) is 0 Å². The molecule has 0 saturated carbocycles. The van der Waals surface area contributed by atoms with Gasteiger partial charge >= 0.3 is 0 Å². The zero-order chi connectivity index (χ0) is 8.27. The largest absolute Gasteiger partial charge is 0.507 e. The molecular weight excluding hydrogens is 160 g/mol. The predicted molar refractivity (Wildman–Crippen MR) is 46.8 cm³/mol.